The Kier molecular flexibility index (Phi) is 6.55. The second-order valence-electron chi connectivity index (χ2n) is 6.77. The number of nitrogens with one attached hydrogen (secondary N) is 1. The molecule has 0 aliphatic carbocycles. The predicted octanol–water partition coefficient (Wildman–Crippen LogP) is 4.13. The zero-order chi connectivity index (χ0) is 22.6. The number of aryl methyl sites for hydroxylation is 1. The summed E-state index contributed by atoms with van der Waals surface area (Å²) < 4.78 is 49.2. The minimum atomic E-state index is -3.97. The van der Waals surface area contributed by atoms with Crippen molar-refractivity contribution in [3.63, 3.8) is 0 Å². The molecule has 1 N–H and O–H groups in total. The van der Waals surface area contributed by atoms with Gasteiger partial charge in [-0.3, -0.25) is 4.79 Å². The van der Waals surface area contributed by atoms with Crippen LogP contribution in [-0.4, -0.2) is 31.7 Å². The molecule has 0 bridgehead atoms. The summed E-state index contributed by atoms with van der Waals surface area (Å²) in [6, 6.07) is 12.8. The van der Waals surface area contributed by atoms with E-state index in [1.165, 1.54) is 32.4 Å². The smallest absolute Gasteiger partial charge is 0.242 e. The summed E-state index contributed by atoms with van der Waals surface area (Å²) in [6.45, 7) is 3.20. The maximum atomic E-state index is 13.1. The highest BCUT2D eigenvalue weighted by molar-refractivity contribution is 7.92. The molecule has 162 valence electrons. The maximum Gasteiger partial charge on any atom is 0.242 e. The molecule has 9 heteroatoms. The molecule has 1 amide bonds. The first-order valence-corrected chi connectivity index (χ1v) is 10.8. The highest BCUT2D eigenvalue weighted by Gasteiger charge is 2.30. The number of anilines is 1. The van der Waals surface area contributed by atoms with Crippen LogP contribution in [0.15, 0.2) is 65.7 Å². The van der Waals surface area contributed by atoms with E-state index in [1.54, 1.807) is 6.07 Å². The van der Waals surface area contributed by atoms with Crippen molar-refractivity contribution in [2.24, 2.45) is 0 Å². The van der Waals surface area contributed by atoms with Gasteiger partial charge in [0.1, 0.15) is 11.1 Å². The molecule has 0 spiro atoms. The van der Waals surface area contributed by atoms with Crippen molar-refractivity contribution in [2.75, 3.05) is 12.4 Å². The van der Waals surface area contributed by atoms with E-state index in [0.29, 0.717) is 17.2 Å². The zero-order valence-electron chi connectivity index (χ0n) is 17.1. The first kappa shape index (κ1) is 22.2. The van der Waals surface area contributed by atoms with Gasteiger partial charge in [-0.25, -0.2) is 17.8 Å². The van der Waals surface area contributed by atoms with Crippen LogP contribution in [0, 0.1) is 12.7 Å². The van der Waals surface area contributed by atoms with Gasteiger partial charge >= 0.3 is 0 Å². The van der Waals surface area contributed by atoms with Crippen molar-refractivity contribution >= 4 is 21.4 Å². The molecule has 0 aliphatic rings. The number of amides is 1. The van der Waals surface area contributed by atoms with Crippen molar-refractivity contribution in [3.8, 4) is 17.4 Å². The Morgan fingerprint density at radius 1 is 1.06 bits per heavy atom. The largest absolute Gasteiger partial charge is 0.493 e. The number of hydrogen-bond acceptors (Lipinski definition) is 6. The molecule has 2 aromatic carbocycles. The number of carbonyl (C=O) groups excluding carboxylic acids is 1. The topological polar surface area (TPSA) is 94.6 Å². The predicted molar refractivity (Wildman–Crippen MR) is 114 cm³/mol. The summed E-state index contributed by atoms with van der Waals surface area (Å²) in [4.78, 5) is 16.4. The summed E-state index contributed by atoms with van der Waals surface area (Å²) in [6.07, 6.45) is 1.35. The molecule has 1 unspecified atom stereocenters. The summed E-state index contributed by atoms with van der Waals surface area (Å²) in [5.74, 6) is 0.00947. The number of pyridine rings is 1. The fraction of sp³-hybridized carbons (Fsp3) is 0.182. The van der Waals surface area contributed by atoms with E-state index < -0.39 is 26.8 Å². The van der Waals surface area contributed by atoms with Crippen LogP contribution in [0.25, 0.3) is 0 Å². The van der Waals surface area contributed by atoms with E-state index in [1.807, 2.05) is 19.1 Å². The number of ether oxygens (including phenoxy) is 2. The minimum absolute atomic E-state index is 0.134. The highest BCUT2D eigenvalue weighted by atomic mass is 32.2. The SMILES string of the molecule is COc1cc(C)ccc1Oc1ccc(NC(=O)C(C)S(=O)(=O)c2ccc(F)cc2)cn1. The van der Waals surface area contributed by atoms with E-state index in [9.17, 15) is 17.6 Å². The van der Waals surface area contributed by atoms with Crippen LogP contribution in [0.1, 0.15) is 12.5 Å². The number of sulfone groups is 1. The zero-order valence-corrected chi connectivity index (χ0v) is 17.9. The third-order valence-electron chi connectivity index (χ3n) is 4.51. The molecular formula is C22H21FN2O5S. The molecule has 7 nitrogen and oxygen atoms in total. The number of benzene rings is 2. The van der Waals surface area contributed by atoms with E-state index >= 15 is 0 Å². The second kappa shape index (κ2) is 9.13. The molecule has 0 saturated heterocycles. The molecule has 1 aromatic heterocycles. The molecule has 31 heavy (non-hydrogen) atoms. The Morgan fingerprint density at radius 2 is 1.77 bits per heavy atom. The van der Waals surface area contributed by atoms with Crippen LogP contribution in [0.5, 0.6) is 17.4 Å². The Labute approximate surface area is 179 Å². The van der Waals surface area contributed by atoms with Crippen LogP contribution in [0.4, 0.5) is 10.1 Å². The fourth-order valence-electron chi connectivity index (χ4n) is 2.70. The third kappa shape index (κ3) is 5.18. The lowest BCUT2D eigenvalue weighted by atomic mass is 10.2. The Hall–Kier alpha value is -3.46. The summed E-state index contributed by atoms with van der Waals surface area (Å²) in [5.41, 5.74) is 1.31. The second-order valence-corrected chi connectivity index (χ2v) is 9.04. The summed E-state index contributed by atoms with van der Waals surface area (Å²) in [5, 5.41) is 1.13. The van der Waals surface area contributed by atoms with Crippen molar-refractivity contribution < 1.29 is 27.1 Å². The first-order chi connectivity index (χ1) is 14.7. The van der Waals surface area contributed by atoms with Gasteiger partial charge in [0.25, 0.3) is 0 Å². The normalized spacial score (nSPS) is 12.1. The van der Waals surface area contributed by atoms with Gasteiger partial charge in [0.2, 0.25) is 11.8 Å². The summed E-state index contributed by atoms with van der Waals surface area (Å²) >= 11 is 0. The van der Waals surface area contributed by atoms with E-state index in [0.717, 1.165) is 29.8 Å². The average molecular weight is 444 g/mol. The number of aromatic nitrogens is 1. The first-order valence-electron chi connectivity index (χ1n) is 9.29. The van der Waals surface area contributed by atoms with Gasteiger partial charge in [0.15, 0.2) is 21.3 Å². The third-order valence-corrected chi connectivity index (χ3v) is 6.59. The lowest BCUT2D eigenvalue weighted by Crippen LogP contribution is -2.32. The van der Waals surface area contributed by atoms with Crippen molar-refractivity contribution in [3.05, 3.63) is 72.2 Å². The highest BCUT2D eigenvalue weighted by Crippen LogP contribution is 2.31. The molecule has 1 heterocycles. The average Bonchev–Trinajstić information content (AvgIpc) is 2.76. The van der Waals surface area contributed by atoms with Gasteiger partial charge < -0.3 is 14.8 Å². The van der Waals surface area contributed by atoms with Gasteiger partial charge in [-0.15, -0.1) is 0 Å². The Morgan fingerprint density at radius 3 is 2.39 bits per heavy atom. The van der Waals surface area contributed by atoms with Crippen molar-refractivity contribution in [1.82, 2.24) is 4.98 Å². The molecular weight excluding hydrogens is 423 g/mol. The van der Waals surface area contributed by atoms with Gasteiger partial charge in [0.05, 0.1) is 23.9 Å². The van der Waals surface area contributed by atoms with E-state index in [2.05, 4.69) is 10.3 Å². The fourth-order valence-corrected chi connectivity index (χ4v) is 3.96. The number of nitrogens with zero attached hydrogens (tertiary/aromatic N) is 1. The van der Waals surface area contributed by atoms with Gasteiger partial charge in [-0.05, 0) is 61.9 Å². The monoisotopic (exact) mass is 444 g/mol. The van der Waals surface area contributed by atoms with Gasteiger partial charge in [-0.2, -0.15) is 0 Å². The van der Waals surface area contributed by atoms with Crippen LogP contribution in [0.3, 0.4) is 0 Å². The molecule has 0 fully saturated rings. The van der Waals surface area contributed by atoms with Crippen molar-refractivity contribution in [2.45, 2.75) is 24.0 Å². The molecule has 3 rings (SSSR count). The molecule has 0 aliphatic heterocycles. The summed E-state index contributed by atoms with van der Waals surface area (Å²) in [7, 11) is -2.44. The van der Waals surface area contributed by atoms with Gasteiger partial charge in [0, 0.05) is 6.07 Å². The molecule has 0 saturated carbocycles. The quantitative estimate of drug-likeness (QED) is 0.551. The number of carbonyl (C=O) groups is 1. The van der Waals surface area contributed by atoms with Crippen LogP contribution in [0.2, 0.25) is 0 Å². The standard InChI is InChI=1S/C22H21FN2O5S/c1-14-4-10-19(20(12-14)29-3)30-21-11-7-17(13-24-21)25-22(26)15(2)31(27,28)18-8-5-16(23)6-9-18/h4-13,15H,1-3H3,(H,25,26). The van der Waals surface area contributed by atoms with Crippen molar-refractivity contribution in [1.29, 1.82) is 0 Å². The van der Waals surface area contributed by atoms with Crippen LogP contribution >= 0.6 is 0 Å². The Bertz CT molecular complexity index is 1180. The van der Waals surface area contributed by atoms with E-state index in [4.69, 9.17) is 9.47 Å². The lowest BCUT2D eigenvalue weighted by Gasteiger charge is -2.14. The molecule has 1 atom stereocenters. The van der Waals surface area contributed by atoms with Crippen LogP contribution < -0.4 is 14.8 Å². The maximum absolute atomic E-state index is 13.1. The molecule has 0 radical (unpaired) electrons. The van der Waals surface area contributed by atoms with E-state index in [-0.39, 0.29) is 10.8 Å². The lowest BCUT2D eigenvalue weighted by molar-refractivity contribution is -0.115. The Balaban J connectivity index is 1.69. The minimum Gasteiger partial charge on any atom is -0.493 e. The number of methoxy groups -OCH3 is 1. The number of halogens is 1. The molecule has 3 aromatic rings. The number of hydrogen-bond donors (Lipinski definition) is 1. The van der Waals surface area contributed by atoms with Gasteiger partial charge in [-0.1, -0.05) is 6.07 Å². The van der Waals surface area contributed by atoms with Crippen LogP contribution in [-0.2, 0) is 14.6 Å². The number of rotatable bonds is 7.